The number of carbonyl (C=O) groups excluding carboxylic acids is 1. The molecule has 0 unspecified atom stereocenters. The summed E-state index contributed by atoms with van der Waals surface area (Å²) in [7, 11) is 0. The summed E-state index contributed by atoms with van der Waals surface area (Å²) in [5, 5.41) is 6.95. The number of carbonyl (C=O) groups is 1. The summed E-state index contributed by atoms with van der Waals surface area (Å²) in [6.07, 6.45) is 6.35. The van der Waals surface area contributed by atoms with E-state index in [1.807, 2.05) is 6.07 Å². The standard InChI is InChI=1S/C26H30N2O2/c29-26(27-15-20-7-4-12-30-20)19-10-11-22-21(14-19)23-17-8-9-18(13-17)24(23)25(28-22)16-5-2-1-3-6-16/h1-3,5-6,10-11,14,17-18,20,23-25,28H,4,7-9,12-13,15H2,(H,27,29)/t17-,18+,20-,23+,24+,25-/m1/s1. The number of amides is 1. The molecule has 4 aliphatic rings. The number of benzene rings is 2. The zero-order valence-electron chi connectivity index (χ0n) is 17.3. The molecule has 2 bridgehead atoms. The maximum atomic E-state index is 12.8. The first kappa shape index (κ1) is 18.4. The Morgan fingerprint density at radius 3 is 2.77 bits per heavy atom. The van der Waals surface area contributed by atoms with Gasteiger partial charge in [-0.1, -0.05) is 30.3 Å². The van der Waals surface area contributed by atoms with Crippen LogP contribution in [0.1, 0.15) is 65.5 Å². The molecule has 2 heterocycles. The second kappa shape index (κ2) is 7.42. The first-order valence-corrected chi connectivity index (χ1v) is 11.6. The molecule has 4 heteroatoms. The maximum absolute atomic E-state index is 12.8. The second-order valence-electron chi connectivity index (χ2n) is 9.62. The Hall–Kier alpha value is -2.33. The van der Waals surface area contributed by atoms with Crippen molar-refractivity contribution in [1.29, 1.82) is 0 Å². The molecular weight excluding hydrogens is 372 g/mol. The van der Waals surface area contributed by atoms with E-state index in [4.69, 9.17) is 4.74 Å². The average Bonchev–Trinajstić information content (AvgIpc) is 3.55. The van der Waals surface area contributed by atoms with Gasteiger partial charge in [-0.3, -0.25) is 4.79 Å². The van der Waals surface area contributed by atoms with Crippen molar-refractivity contribution < 1.29 is 9.53 Å². The fraction of sp³-hybridized carbons (Fsp3) is 0.500. The molecule has 6 atom stereocenters. The highest BCUT2D eigenvalue weighted by Gasteiger charge is 2.53. The third-order valence-electron chi connectivity index (χ3n) is 8.02. The highest BCUT2D eigenvalue weighted by atomic mass is 16.5. The summed E-state index contributed by atoms with van der Waals surface area (Å²) >= 11 is 0. The van der Waals surface area contributed by atoms with E-state index in [0.29, 0.717) is 24.4 Å². The quantitative estimate of drug-likeness (QED) is 0.765. The largest absolute Gasteiger partial charge is 0.378 e. The lowest BCUT2D eigenvalue weighted by Crippen LogP contribution is -2.36. The van der Waals surface area contributed by atoms with Crippen molar-refractivity contribution in [2.75, 3.05) is 18.5 Å². The van der Waals surface area contributed by atoms with Crippen molar-refractivity contribution in [3.63, 3.8) is 0 Å². The monoisotopic (exact) mass is 402 g/mol. The van der Waals surface area contributed by atoms with E-state index < -0.39 is 0 Å². The number of anilines is 1. The molecule has 2 aliphatic carbocycles. The predicted molar refractivity (Wildman–Crippen MR) is 118 cm³/mol. The molecule has 2 aromatic carbocycles. The zero-order chi connectivity index (χ0) is 20.1. The van der Waals surface area contributed by atoms with Gasteiger partial charge >= 0.3 is 0 Å². The molecule has 1 saturated heterocycles. The van der Waals surface area contributed by atoms with Crippen LogP contribution in [-0.2, 0) is 4.74 Å². The van der Waals surface area contributed by atoms with E-state index in [-0.39, 0.29) is 12.0 Å². The van der Waals surface area contributed by atoms with Gasteiger partial charge in [-0.05, 0) is 85.1 Å². The lowest BCUT2D eigenvalue weighted by atomic mass is 9.68. The van der Waals surface area contributed by atoms with E-state index >= 15 is 0 Å². The van der Waals surface area contributed by atoms with Gasteiger partial charge in [-0.15, -0.1) is 0 Å². The van der Waals surface area contributed by atoms with Gasteiger partial charge in [0.2, 0.25) is 0 Å². The van der Waals surface area contributed by atoms with Crippen LogP contribution in [0.3, 0.4) is 0 Å². The molecule has 2 saturated carbocycles. The Morgan fingerprint density at radius 1 is 1.07 bits per heavy atom. The molecule has 2 aliphatic heterocycles. The zero-order valence-corrected chi connectivity index (χ0v) is 17.3. The van der Waals surface area contributed by atoms with Crippen molar-refractivity contribution in [3.05, 3.63) is 65.2 Å². The van der Waals surface area contributed by atoms with Crippen LogP contribution in [0, 0.1) is 17.8 Å². The average molecular weight is 403 g/mol. The van der Waals surface area contributed by atoms with Crippen LogP contribution < -0.4 is 10.6 Å². The molecular formula is C26H30N2O2. The Labute approximate surface area is 178 Å². The van der Waals surface area contributed by atoms with Crippen LogP contribution in [0.25, 0.3) is 0 Å². The molecule has 4 nitrogen and oxygen atoms in total. The van der Waals surface area contributed by atoms with E-state index in [1.54, 1.807) is 0 Å². The van der Waals surface area contributed by atoms with Gasteiger partial charge in [0.15, 0.2) is 0 Å². The van der Waals surface area contributed by atoms with E-state index in [0.717, 1.165) is 36.8 Å². The molecule has 2 N–H and O–H groups in total. The van der Waals surface area contributed by atoms with Gasteiger partial charge in [0.25, 0.3) is 5.91 Å². The molecule has 2 aromatic rings. The Kier molecular flexibility index (Phi) is 4.56. The summed E-state index contributed by atoms with van der Waals surface area (Å²) < 4.78 is 5.65. The lowest BCUT2D eigenvalue weighted by Gasteiger charge is -2.43. The number of hydrogen-bond acceptors (Lipinski definition) is 3. The molecule has 0 aromatic heterocycles. The second-order valence-corrected chi connectivity index (χ2v) is 9.62. The summed E-state index contributed by atoms with van der Waals surface area (Å²) in [6, 6.07) is 17.6. The Bertz CT molecular complexity index is 937. The molecule has 0 radical (unpaired) electrons. The Morgan fingerprint density at radius 2 is 1.93 bits per heavy atom. The minimum atomic E-state index is 0.0261. The minimum Gasteiger partial charge on any atom is -0.378 e. The SMILES string of the molecule is O=C(NC[C@H]1CCCO1)c1ccc2c(c1)[C@@H]1[C@@H]3CC[C@@H](C3)[C@@H]1[C@@H](c1ccccc1)N2. The minimum absolute atomic E-state index is 0.0261. The molecule has 0 spiro atoms. The molecule has 1 amide bonds. The van der Waals surface area contributed by atoms with Crippen molar-refractivity contribution in [2.45, 2.75) is 50.2 Å². The van der Waals surface area contributed by atoms with Crippen molar-refractivity contribution in [1.82, 2.24) is 5.32 Å². The fourth-order valence-corrected chi connectivity index (χ4v) is 6.73. The van der Waals surface area contributed by atoms with Gasteiger partial charge < -0.3 is 15.4 Å². The summed E-state index contributed by atoms with van der Waals surface area (Å²) in [4.78, 5) is 12.8. The third kappa shape index (κ3) is 3.04. The highest BCUT2D eigenvalue weighted by molar-refractivity contribution is 5.95. The lowest BCUT2D eigenvalue weighted by molar-refractivity contribution is 0.0857. The van der Waals surface area contributed by atoms with E-state index in [2.05, 4.69) is 53.1 Å². The van der Waals surface area contributed by atoms with E-state index in [1.165, 1.54) is 36.1 Å². The van der Waals surface area contributed by atoms with Crippen LogP contribution in [0.5, 0.6) is 0 Å². The van der Waals surface area contributed by atoms with Crippen molar-refractivity contribution >= 4 is 11.6 Å². The number of rotatable bonds is 4. The fourth-order valence-electron chi connectivity index (χ4n) is 6.73. The van der Waals surface area contributed by atoms with Gasteiger partial charge in [-0.25, -0.2) is 0 Å². The normalized spacial score (nSPS) is 33.6. The predicted octanol–water partition coefficient (Wildman–Crippen LogP) is 4.89. The van der Waals surface area contributed by atoms with Crippen LogP contribution in [0.2, 0.25) is 0 Å². The van der Waals surface area contributed by atoms with Crippen molar-refractivity contribution in [2.24, 2.45) is 17.8 Å². The summed E-state index contributed by atoms with van der Waals surface area (Å²) in [5.74, 6) is 2.78. The topological polar surface area (TPSA) is 50.4 Å². The number of ether oxygens (including phenoxy) is 1. The van der Waals surface area contributed by atoms with Crippen LogP contribution >= 0.6 is 0 Å². The molecule has 156 valence electrons. The van der Waals surface area contributed by atoms with Crippen LogP contribution in [0.4, 0.5) is 5.69 Å². The van der Waals surface area contributed by atoms with Gasteiger partial charge in [0.05, 0.1) is 12.1 Å². The van der Waals surface area contributed by atoms with Gasteiger partial charge in [-0.2, -0.15) is 0 Å². The number of fused-ring (bicyclic) bond motifs is 7. The van der Waals surface area contributed by atoms with Crippen LogP contribution in [0.15, 0.2) is 48.5 Å². The Balaban J connectivity index is 1.29. The third-order valence-corrected chi connectivity index (χ3v) is 8.02. The summed E-state index contributed by atoms with van der Waals surface area (Å²) in [6.45, 7) is 1.43. The van der Waals surface area contributed by atoms with Gasteiger partial charge in [0, 0.05) is 24.4 Å². The van der Waals surface area contributed by atoms with Crippen LogP contribution in [-0.4, -0.2) is 25.2 Å². The first-order valence-electron chi connectivity index (χ1n) is 11.6. The first-order chi connectivity index (χ1) is 14.8. The number of nitrogens with one attached hydrogen (secondary N) is 2. The molecule has 6 rings (SSSR count). The number of hydrogen-bond donors (Lipinski definition) is 2. The highest BCUT2D eigenvalue weighted by Crippen LogP contribution is 2.63. The van der Waals surface area contributed by atoms with Gasteiger partial charge in [0.1, 0.15) is 0 Å². The van der Waals surface area contributed by atoms with E-state index in [9.17, 15) is 4.79 Å². The maximum Gasteiger partial charge on any atom is 0.251 e. The van der Waals surface area contributed by atoms with Crippen molar-refractivity contribution in [3.8, 4) is 0 Å². The summed E-state index contributed by atoms with van der Waals surface area (Å²) in [5.41, 5.74) is 4.76. The smallest absolute Gasteiger partial charge is 0.251 e. The molecule has 30 heavy (non-hydrogen) atoms. The molecule has 3 fully saturated rings.